The van der Waals surface area contributed by atoms with Crippen molar-refractivity contribution in [2.24, 2.45) is 0 Å². The van der Waals surface area contributed by atoms with Crippen LogP contribution in [0.4, 0.5) is 0 Å². The van der Waals surface area contributed by atoms with E-state index < -0.39 is 35.5 Å². The van der Waals surface area contributed by atoms with Crippen LogP contribution in [0.2, 0.25) is 0 Å². The number of carbonyl (C=O) groups is 4. The first-order chi connectivity index (χ1) is 13.4. The van der Waals surface area contributed by atoms with E-state index in [0.29, 0.717) is 12.1 Å². The van der Waals surface area contributed by atoms with Crippen LogP contribution in [0, 0.1) is 0 Å². The van der Waals surface area contributed by atoms with Crippen molar-refractivity contribution in [3.63, 3.8) is 0 Å². The van der Waals surface area contributed by atoms with Crippen LogP contribution in [0.15, 0.2) is 46.3 Å². The lowest BCUT2D eigenvalue weighted by Crippen LogP contribution is -2.49. The van der Waals surface area contributed by atoms with Gasteiger partial charge in [-0.05, 0) is 18.6 Å². The highest BCUT2D eigenvalue weighted by Gasteiger charge is 2.48. The van der Waals surface area contributed by atoms with E-state index in [9.17, 15) is 19.2 Å². The molecule has 0 saturated heterocycles. The van der Waals surface area contributed by atoms with E-state index in [2.05, 4.69) is 0 Å². The van der Waals surface area contributed by atoms with Crippen LogP contribution in [-0.2, 0) is 38.1 Å². The van der Waals surface area contributed by atoms with Gasteiger partial charge in [-0.3, -0.25) is 0 Å². The van der Waals surface area contributed by atoms with Crippen LogP contribution in [0.25, 0.3) is 0 Å². The minimum atomic E-state index is -1.34. The Morgan fingerprint density at radius 2 is 1.46 bits per heavy atom. The Balaban J connectivity index is 2.98. The summed E-state index contributed by atoms with van der Waals surface area (Å²) in [5.74, 6) is -3.63. The fourth-order valence-corrected chi connectivity index (χ4v) is 3.17. The number of rotatable bonds is 5. The minimum Gasteiger partial charge on any atom is -0.467 e. The van der Waals surface area contributed by atoms with Crippen molar-refractivity contribution in [1.29, 1.82) is 0 Å². The third-order valence-corrected chi connectivity index (χ3v) is 4.39. The lowest BCUT2D eigenvalue weighted by Gasteiger charge is -2.40. The van der Waals surface area contributed by atoms with Gasteiger partial charge in [0, 0.05) is 5.70 Å². The van der Waals surface area contributed by atoms with Gasteiger partial charge >= 0.3 is 23.9 Å². The summed E-state index contributed by atoms with van der Waals surface area (Å²) >= 11 is 0. The van der Waals surface area contributed by atoms with E-state index in [1.54, 1.807) is 18.2 Å². The van der Waals surface area contributed by atoms with Crippen LogP contribution in [0.1, 0.15) is 13.3 Å². The Morgan fingerprint density at radius 3 is 1.96 bits per heavy atom. The predicted molar refractivity (Wildman–Crippen MR) is 95.3 cm³/mol. The molecule has 0 N–H and O–H groups in total. The molecule has 9 heteroatoms. The minimum absolute atomic E-state index is 0.204. The zero-order valence-corrected chi connectivity index (χ0v) is 16.2. The molecular formula is C19H21NO8. The number of ether oxygens (including phenoxy) is 4. The lowest BCUT2D eigenvalue weighted by atomic mass is 9.85. The topological polar surface area (TPSA) is 108 Å². The van der Waals surface area contributed by atoms with Gasteiger partial charge in [0.2, 0.25) is 0 Å². The maximum absolute atomic E-state index is 12.7. The van der Waals surface area contributed by atoms with E-state index in [1.807, 2.05) is 6.92 Å². The summed E-state index contributed by atoms with van der Waals surface area (Å²) < 4.78 is 19.3. The molecule has 0 amide bonds. The first kappa shape index (κ1) is 20.9. The van der Waals surface area contributed by atoms with Gasteiger partial charge < -0.3 is 23.8 Å². The Morgan fingerprint density at radius 1 is 0.893 bits per heavy atom. The van der Waals surface area contributed by atoms with Gasteiger partial charge in [-0.1, -0.05) is 13.0 Å². The SMILES string of the molecule is CCC1=CC=CC2=C(C(=O)OC)C(C(=O)OC)=C(C(=O)OC)C(C(=O)OC)N12. The zero-order valence-electron chi connectivity index (χ0n) is 16.2. The standard InChI is InChI=1S/C19H21NO8/c1-6-10-8-7-9-11-12(16(21)25-2)13(17(22)26-3)14(18(23)27-4)15(20(10)11)19(24)28-5/h7-9,15H,6H2,1-5H3. The third-order valence-electron chi connectivity index (χ3n) is 4.39. The molecule has 0 fully saturated rings. The van der Waals surface area contributed by atoms with Gasteiger partial charge in [-0.25, -0.2) is 19.2 Å². The van der Waals surface area contributed by atoms with Crippen molar-refractivity contribution < 1.29 is 38.1 Å². The van der Waals surface area contributed by atoms with Gasteiger partial charge in [-0.15, -0.1) is 0 Å². The molecule has 0 saturated carbocycles. The summed E-state index contributed by atoms with van der Waals surface area (Å²) in [4.78, 5) is 51.9. The highest BCUT2D eigenvalue weighted by Crippen LogP contribution is 2.40. The second-order valence-electron chi connectivity index (χ2n) is 5.69. The largest absolute Gasteiger partial charge is 0.467 e. The molecule has 1 unspecified atom stereocenters. The zero-order chi connectivity index (χ0) is 21.0. The molecule has 2 aliphatic rings. The van der Waals surface area contributed by atoms with Crippen molar-refractivity contribution in [2.75, 3.05) is 28.4 Å². The van der Waals surface area contributed by atoms with Crippen molar-refractivity contribution in [2.45, 2.75) is 19.4 Å². The number of fused-ring (bicyclic) bond motifs is 1. The van der Waals surface area contributed by atoms with Crippen LogP contribution < -0.4 is 0 Å². The molecule has 2 aliphatic heterocycles. The van der Waals surface area contributed by atoms with E-state index in [1.165, 1.54) is 4.90 Å². The molecular weight excluding hydrogens is 370 g/mol. The number of nitrogens with zero attached hydrogens (tertiary/aromatic N) is 1. The van der Waals surface area contributed by atoms with Crippen LogP contribution in [0.5, 0.6) is 0 Å². The molecule has 0 radical (unpaired) electrons. The quantitative estimate of drug-likeness (QED) is 0.496. The van der Waals surface area contributed by atoms with Crippen LogP contribution in [-0.4, -0.2) is 63.3 Å². The number of carbonyl (C=O) groups excluding carboxylic acids is 4. The number of hydrogen-bond donors (Lipinski definition) is 0. The van der Waals surface area contributed by atoms with Crippen molar-refractivity contribution in [1.82, 2.24) is 4.90 Å². The summed E-state index contributed by atoms with van der Waals surface area (Å²) in [6.45, 7) is 1.84. The third kappa shape index (κ3) is 3.30. The van der Waals surface area contributed by atoms with Gasteiger partial charge in [-0.2, -0.15) is 0 Å². The number of hydrogen-bond acceptors (Lipinski definition) is 9. The second-order valence-corrected chi connectivity index (χ2v) is 5.69. The van der Waals surface area contributed by atoms with Crippen molar-refractivity contribution in [3.8, 4) is 0 Å². The fourth-order valence-electron chi connectivity index (χ4n) is 3.17. The van der Waals surface area contributed by atoms with Crippen molar-refractivity contribution in [3.05, 3.63) is 46.3 Å². The average molecular weight is 391 g/mol. The monoisotopic (exact) mass is 391 g/mol. The highest BCUT2D eigenvalue weighted by molar-refractivity contribution is 6.15. The average Bonchev–Trinajstić information content (AvgIpc) is 2.74. The normalized spacial score (nSPS) is 18.2. The molecule has 150 valence electrons. The maximum atomic E-state index is 12.7. The van der Waals surface area contributed by atoms with Crippen LogP contribution in [0.3, 0.4) is 0 Å². The smallest absolute Gasteiger partial charge is 0.340 e. The molecule has 28 heavy (non-hydrogen) atoms. The number of esters is 4. The molecule has 0 aliphatic carbocycles. The first-order valence-corrected chi connectivity index (χ1v) is 8.35. The molecule has 2 rings (SSSR count). The number of allylic oxidation sites excluding steroid dienone is 4. The Bertz CT molecular complexity index is 846. The summed E-state index contributed by atoms with van der Waals surface area (Å²) in [6.07, 6.45) is 5.41. The Kier molecular flexibility index (Phi) is 6.40. The fraction of sp³-hybridized carbons (Fsp3) is 0.368. The molecule has 9 nitrogen and oxygen atoms in total. The molecule has 1 atom stereocenters. The van der Waals surface area contributed by atoms with Gasteiger partial charge in [0.15, 0.2) is 6.04 Å². The van der Waals surface area contributed by atoms with E-state index in [-0.39, 0.29) is 16.8 Å². The maximum Gasteiger partial charge on any atom is 0.340 e. The summed E-state index contributed by atoms with van der Waals surface area (Å²) in [5, 5.41) is 0. The summed E-state index contributed by atoms with van der Waals surface area (Å²) in [5.41, 5.74) is -0.121. The molecule has 0 spiro atoms. The van der Waals surface area contributed by atoms with Gasteiger partial charge in [0.1, 0.15) is 0 Å². The summed E-state index contributed by atoms with van der Waals surface area (Å²) in [7, 11) is 4.49. The predicted octanol–water partition coefficient (Wildman–Crippen LogP) is 0.777. The van der Waals surface area contributed by atoms with E-state index in [0.717, 1.165) is 28.4 Å². The Labute approximate surface area is 161 Å². The van der Waals surface area contributed by atoms with Crippen LogP contribution >= 0.6 is 0 Å². The number of methoxy groups -OCH3 is 4. The molecule has 0 aromatic carbocycles. The Hall–Kier alpha value is -3.36. The molecule has 0 bridgehead atoms. The first-order valence-electron chi connectivity index (χ1n) is 8.35. The molecule has 0 aromatic heterocycles. The molecule has 2 heterocycles. The van der Waals surface area contributed by atoms with E-state index in [4.69, 9.17) is 18.9 Å². The lowest BCUT2D eigenvalue weighted by molar-refractivity contribution is -0.148. The van der Waals surface area contributed by atoms with Gasteiger partial charge in [0.05, 0.1) is 50.9 Å². The van der Waals surface area contributed by atoms with E-state index >= 15 is 0 Å². The summed E-state index contributed by atoms with van der Waals surface area (Å²) in [6, 6.07) is -1.34. The second kappa shape index (κ2) is 8.55. The molecule has 0 aromatic rings. The van der Waals surface area contributed by atoms with Gasteiger partial charge in [0.25, 0.3) is 0 Å². The van der Waals surface area contributed by atoms with Crippen molar-refractivity contribution >= 4 is 23.9 Å². The highest BCUT2D eigenvalue weighted by atomic mass is 16.5.